The van der Waals surface area contributed by atoms with E-state index < -0.39 is 0 Å². The molecule has 8 nitrogen and oxygen atoms in total. The van der Waals surface area contributed by atoms with E-state index in [1.54, 1.807) is 24.8 Å². The molecule has 0 spiro atoms. The van der Waals surface area contributed by atoms with Crippen molar-refractivity contribution in [3.05, 3.63) is 167 Å². The molecule has 0 radical (unpaired) electrons. The summed E-state index contributed by atoms with van der Waals surface area (Å²) in [6.45, 7) is 12.0. The van der Waals surface area contributed by atoms with Gasteiger partial charge in [0.2, 0.25) is 11.6 Å². The van der Waals surface area contributed by atoms with E-state index in [1.807, 2.05) is 97.1 Å². The number of unbranched alkanes of at least 4 members (excludes halogenated alkanes) is 18. The summed E-state index contributed by atoms with van der Waals surface area (Å²) < 4.78 is 23.3. The fourth-order valence-corrected chi connectivity index (χ4v) is 7.93. The van der Waals surface area contributed by atoms with E-state index in [0.29, 0.717) is 11.6 Å². The molecule has 6 aromatic rings. The molecule has 0 amide bonds. The lowest BCUT2D eigenvalue weighted by atomic mass is 10.1. The molecule has 8 heteroatoms. The van der Waals surface area contributed by atoms with Crippen molar-refractivity contribution < 1.29 is 18.9 Å². The quantitative estimate of drug-likeness (QED) is 0.0326. The van der Waals surface area contributed by atoms with Crippen LogP contribution in [0.2, 0.25) is 0 Å². The molecule has 2 aromatic heterocycles. The molecule has 0 aliphatic rings. The van der Waals surface area contributed by atoms with Crippen LogP contribution >= 0.6 is 0 Å². The highest BCUT2D eigenvalue weighted by atomic mass is 16.5. The molecular weight excluding hydrogens is 961 g/mol. The largest absolute Gasteiger partial charge is 0.494 e. The number of hydrogen-bond donors (Lipinski definition) is 0. The number of hydrogen-bond acceptors (Lipinski definition) is 8. The second kappa shape index (κ2) is 39.8. The monoisotopic (exact) mass is 1040 g/mol. The van der Waals surface area contributed by atoms with Crippen molar-refractivity contribution in [1.29, 1.82) is 0 Å². The van der Waals surface area contributed by atoms with Gasteiger partial charge in [0.05, 0.1) is 37.6 Å². The van der Waals surface area contributed by atoms with Gasteiger partial charge in [-0.05, 0) is 135 Å². The van der Waals surface area contributed by atoms with Crippen molar-refractivity contribution in [2.24, 2.45) is 0 Å². The van der Waals surface area contributed by atoms with Crippen LogP contribution in [-0.2, 0) is 0 Å². The average Bonchev–Trinajstić information content (AvgIpc) is 3.48. The maximum absolute atomic E-state index is 5.85. The molecule has 0 fully saturated rings. The zero-order valence-corrected chi connectivity index (χ0v) is 47.4. The Balaban J connectivity index is 0.000000288. The van der Waals surface area contributed by atoms with Gasteiger partial charge in [-0.15, -0.1) is 0 Å². The molecule has 0 aliphatic heterocycles. The van der Waals surface area contributed by atoms with Crippen LogP contribution in [0.1, 0.15) is 214 Å². The molecule has 4 aromatic carbocycles. The molecule has 408 valence electrons. The Bertz CT molecular complexity index is 2590. The van der Waals surface area contributed by atoms with Gasteiger partial charge in [0.25, 0.3) is 0 Å². The van der Waals surface area contributed by atoms with Crippen LogP contribution < -0.4 is 18.9 Å². The Hall–Kier alpha value is -7.52. The van der Waals surface area contributed by atoms with Gasteiger partial charge < -0.3 is 18.9 Å². The summed E-state index contributed by atoms with van der Waals surface area (Å²) in [6, 6.07) is 31.5. The molecule has 0 aliphatic carbocycles. The maximum atomic E-state index is 5.85. The lowest BCUT2D eigenvalue weighted by molar-refractivity contribution is 0.304. The third kappa shape index (κ3) is 27.5. The van der Waals surface area contributed by atoms with Gasteiger partial charge in [0.1, 0.15) is 23.0 Å². The summed E-state index contributed by atoms with van der Waals surface area (Å²) in [6.07, 6.45) is 34.3. The summed E-state index contributed by atoms with van der Waals surface area (Å²) in [4.78, 5) is 17.4. The zero-order chi connectivity index (χ0) is 54.8. The first-order valence-electron chi connectivity index (χ1n) is 29.2. The van der Waals surface area contributed by atoms with Crippen molar-refractivity contribution in [2.75, 3.05) is 26.4 Å². The first-order valence-corrected chi connectivity index (χ1v) is 29.2. The summed E-state index contributed by atoms with van der Waals surface area (Å²) in [7, 11) is 0. The normalized spacial score (nSPS) is 10.2. The second-order valence-corrected chi connectivity index (χ2v) is 19.4. The summed E-state index contributed by atoms with van der Waals surface area (Å²) in [5.41, 5.74) is 5.15. The molecule has 2 heterocycles. The molecule has 0 saturated carbocycles. The molecule has 78 heavy (non-hydrogen) atoms. The average molecular weight is 1050 g/mol. The summed E-state index contributed by atoms with van der Waals surface area (Å²) >= 11 is 0. The van der Waals surface area contributed by atoms with E-state index in [-0.39, 0.29) is 0 Å². The standard InChI is InChI=1S/C36H44N2O2.C34H40N2O2/c1-3-5-7-9-11-13-27-39-34-22-17-31(18-23-34)15-16-33-29-37-36(38-30-33)26-21-32-19-24-35(25-20-32)40-28-14-12-10-8-6-4-2;1-3-5-7-9-11-25-37-32-20-15-29(16-21-32)13-14-31-27-35-34(36-28-31)24-19-30-17-22-33(23-18-30)38-26-12-10-8-6-4-2/h17-20,22-25,29-30H,3-14,27-28H2,1-2H3;15-18,20-23,27-28H,3-12,25-26H2,1-2H3. The topological polar surface area (TPSA) is 88.5 Å². The highest BCUT2D eigenvalue weighted by molar-refractivity contribution is 5.46. The van der Waals surface area contributed by atoms with Gasteiger partial charge in [-0.3, -0.25) is 0 Å². The minimum absolute atomic E-state index is 0.471. The SMILES string of the molecule is CCCCCCCCOc1ccc(C#Cc2cnc(C#Cc3ccc(OCCCCCCCC)cc3)nc2)cc1.CCCCCCCOc1ccc(C#Cc2cnc(C#Cc3ccc(OCCCCCCC)cc3)nc2)cc1. The summed E-state index contributed by atoms with van der Waals surface area (Å²) in [5.74, 6) is 29.3. The van der Waals surface area contributed by atoms with Crippen LogP contribution in [-0.4, -0.2) is 46.4 Å². The molecule has 6 rings (SSSR count). The lowest BCUT2D eigenvalue weighted by Crippen LogP contribution is -1.97. The van der Waals surface area contributed by atoms with Crippen LogP contribution in [0.15, 0.2) is 122 Å². The Labute approximate surface area is 469 Å². The Kier molecular flexibility index (Phi) is 31.3. The van der Waals surface area contributed by atoms with Crippen LogP contribution in [0.25, 0.3) is 0 Å². The zero-order valence-electron chi connectivity index (χ0n) is 47.4. The lowest BCUT2D eigenvalue weighted by Gasteiger charge is -2.06. The van der Waals surface area contributed by atoms with E-state index >= 15 is 0 Å². The molecule has 0 unspecified atom stereocenters. The number of rotatable bonds is 30. The van der Waals surface area contributed by atoms with Gasteiger partial charge in [0.15, 0.2) is 0 Å². The highest BCUT2D eigenvalue weighted by Gasteiger charge is 2.01. The van der Waals surface area contributed by atoms with E-state index in [9.17, 15) is 0 Å². The van der Waals surface area contributed by atoms with Gasteiger partial charge >= 0.3 is 0 Å². The van der Waals surface area contributed by atoms with E-state index in [1.165, 1.54) is 116 Å². The Morgan fingerprint density at radius 2 is 0.449 bits per heavy atom. The minimum Gasteiger partial charge on any atom is -0.494 e. The van der Waals surface area contributed by atoms with Gasteiger partial charge in [-0.25, -0.2) is 19.9 Å². The smallest absolute Gasteiger partial charge is 0.205 e. The Morgan fingerprint density at radius 3 is 0.692 bits per heavy atom. The van der Waals surface area contributed by atoms with Crippen LogP contribution in [0.5, 0.6) is 23.0 Å². The first-order chi connectivity index (χ1) is 38.5. The van der Waals surface area contributed by atoms with Crippen LogP contribution in [0, 0.1) is 47.4 Å². The fourth-order valence-electron chi connectivity index (χ4n) is 7.93. The van der Waals surface area contributed by atoms with E-state index in [0.717, 1.165) is 108 Å². The molecule has 0 N–H and O–H groups in total. The molecule has 0 bridgehead atoms. The van der Waals surface area contributed by atoms with Gasteiger partial charge in [-0.1, -0.05) is 179 Å². The fraction of sp³-hybridized carbons (Fsp3) is 0.429. The van der Waals surface area contributed by atoms with Crippen molar-refractivity contribution in [2.45, 2.75) is 169 Å². The maximum Gasteiger partial charge on any atom is 0.205 e. The first kappa shape index (κ1) is 61.3. The summed E-state index contributed by atoms with van der Waals surface area (Å²) in [5, 5.41) is 0. The predicted octanol–water partition coefficient (Wildman–Crippen LogP) is 16.7. The minimum atomic E-state index is 0.471. The van der Waals surface area contributed by atoms with Crippen molar-refractivity contribution in [3.8, 4) is 70.4 Å². The number of aromatic nitrogens is 4. The van der Waals surface area contributed by atoms with Crippen molar-refractivity contribution >= 4 is 0 Å². The number of ether oxygens (including phenoxy) is 4. The molecule has 0 saturated heterocycles. The van der Waals surface area contributed by atoms with Crippen molar-refractivity contribution in [1.82, 2.24) is 19.9 Å². The van der Waals surface area contributed by atoms with Crippen LogP contribution in [0.4, 0.5) is 0 Å². The number of benzene rings is 4. The second-order valence-electron chi connectivity index (χ2n) is 19.4. The third-order valence-electron chi connectivity index (χ3n) is 12.6. The van der Waals surface area contributed by atoms with E-state index in [2.05, 4.69) is 95.0 Å². The van der Waals surface area contributed by atoms with Gasteiger partial charge in [-0.2, -0.15) is 0 Å². The van der Waals surface area contributed by atoms with Gasteiger partial charge in [0, 0.05) is 47.0 Å². The molecule has 0 atom stereocenters. The third-order valence-corrected chi connectivity index (χ3v) is 12.6. The highest BCUT2D eigenvalue weighted by Crippen LogP contribution is 2.17. The molecular formula is C70H84N4O4. The Morgan fingerprint density at radius 1 is 0.244 bits per heavy atom. The number of nitrogens with zero attached hydrogens (tertiary/aromatic N) is 4. The predicted molar refractivity (Wildman–Crippen MR) is 320 cm³/mol. The van der Waals surface area contributed by atoms with E-state index in [4.69, 9.17) is 18.9 Å². The van der Waals surface area contributed by atoms with Crippen molar-refractivity contribution in [3.63, 3.8) is 0 Å². The van der Waals surface area contributed by atoms with Crippen LogP contribution in [0.3, 0.4) is 0 Å².